The highest BCUT2D eigenvalue weighted by atomic mass is 32.1. The minimum atomic E-state index is -0.205. The van der Waals surface area contributed by atoms with Gasteiger partial charge in [-0.2, -0.15) is 0 Å². The van der Waals surface area contributed by atoms with E-state index in [1.54, 1.807) is 0 Å². The number of furan rings is 2. The van der Waals surface area contributed by atoms with Crippen molar-refractivity contribution in [1.29, 1.82) is 0 Å². The van der Waals surface area contributed by atoms with Crippen molar-refractivity contribution in [3.8, 4) is 11.1 Å². The number of hydrogen-bond donors (Lipinski definition) is 2. The molecule has 2 atom stereocenters. The molecule has 5 nitrogen and oxygen atoms in total. The normalized spacial score (nSPS) is 18.8. The molecule has 51 heavy (non-hydrogen) atoms. The van der Waals surface area contributed by atoms with E-state index >= 15 is 0 Å². The molecular weight excluding hydrogens is 647 g/mol. The zero-order valence-corrected chi connectivity index (χ0v) is 28.6. The monoisotopic (exact) mass is 679 g/mol. The van der Waals surface area contributed by atoms with Gasteiger partial charge in [0.25, 0.3) is 0 Å². The highest BCUT2D eigenvalue weighted by molar-refractivity contribution is 7.25. The Kier molecular flexibility index (Phi) is 6.51. The van der Waals surface area contributed by atoms with Crippen molar-refractivity contribution >= 4 is 76.3 Å². The van der Waals surface area contributed by atoms with Crippen molar-refractivity contribution in [3.63, 3.8) is 0 Å². The molecule has 3 aromatic heterocycles. The first-order valence-corrected chi connectivity index (χ1v) is 18.6. The number of aryl methyl sites for hydroxylation is 1. The Morgan fingerprint density at radius 1 is 0.686 bits per heavy atom. The Morgan fingerprint density at radius 2 is 1.51 bits per heavy atom. The van der Waals surface area contributed by atoms with Crippen molar-refractivity contribution in [2.45, 2.75) is 38.0 Å². The van der Waals surface area contributed by atoms with Crippen LogP contribution in [0.3, 0.4) is 0 Å². The SMILES string of the molecule is C1=CC(C2N=C(c3cccc4c3oc3cc(-c5cccc6c7c(oc56)CCC=C7)ccc34)NC(c3cccc4sc5ccccc5c34)N2)=CCC1. The minimum Gasteiger partial charge on any atom is -0.460 e. The first-order chi connectivity index (χ1) is 25.3. The van der Waals surface area contributed by atoms with Gasteiger partial charge in [-0.1, -0.05) is 97.1 Å². The molecular formula is C45H33N3O2S. The third-order valence-corrected chi connectivity index (χ3v) is 11.8. The molecule has 2 unspecified atom stereocenters. The van der Waals surface area contributed by atoms with Gasteiger partial charge in [0, 0.05) is 53.9 Å². The zero-order chi connectivity index (χ0) is 33.5. The van der Waals surface area contributed by atoms with Crippen LogP contribution in [0, 0.1) is 0 Å². The fourth-order valence-electron chi connectivity index (χ4n) is 8.26. The average Bonchev–Trinajstić information content (AvgIpc) is 3.89. The summed E-state index contributed by atoms with van der Waals surface area (Å²) in [6.07, 6.45) is 14.9. The van der Waals surface area contributed by atoms with Gasteiger partial charge in [0.2, 0.25) is 0 Å². The topological polar surface area (TPSA) is 62.7 Å². The number of thiophene rings is 1. The quantitative estimate of drug-likeness (QED) is 0.194. The summed E-state index contributed by atoms with van der Waals surface area (Å²) in [7, 11) is 0. The zero-order valence-electron chi connectivity index (χ0n) is 27.8. The molecule has 8 aromatic rings. The predicted molar refractivity (Wildman–Crippen MR) is 211 cm³/mol. The summed E-state index contributed by atoms with van der Waals surface area (Å²) < 4.78 is 15.9. The lowest BCUT2D eigenvalue weighted by atomic mass is 9.98. The third-order valence-electron chi connectivity index (χ3n) is 10.7. The number of aliphatic imine (C=N–C) groups is 1. The van der Waals surface area contributed by atoms with E-state index in [1.165, 1.54) is 42.3 Å². The van der Waals surface area contributed by atoms with Crippen LogP contribution in [0.15, 0.2) is 141 Å². The number of nitrogens with zero attached hydrogens (tertiary/aromatic N) is 1. The van der Waals surface area contributed by atoms with Gasteiger partial charge in [0.15, 0.2) is 0 Å². The summed E-state index contributed by atoms with van der Waals surface area (Å²) in [5.41, 5.74) is 9.35. The maximum atomic E-state index is 6.82. The fourth-order valence-corrected chi connectivity index (χ4v) is 9.40. The molecule has 0 saturated heterocycles. The van der Waals surface area contributed by atoms with Crippen LogP contribution in [0.1, 0.15) is 47.9 Å². The van der Waals surface area contributed by atoms with Crippen LogP contribution in [-0.2, 0) is 6.42 Å². The molecule has 11 rings (SSSR count). The molecule has 0 bridgehead atoms. The molecule has 0 fully saturated rings. The third kappa shape index (κ3) is 4.60. The van der Waals surface area contributed by atoms with E-state index < -0.39 is 0 Å². The molecule has 2 N–H and O–H groups in total. The van der Waals surface area contributed by atoms with Crippen molar-refractivity contribution < 1.29 is 8.83 Å². The maximum Gasteiger partial charge on any atom is 0.146 e. The van der Waals surface area contributed by atoms with E-state index in [-0.39, 0.29) is 12.3 Å². The summed E-state index contributed by atoms with van der Waals surface area (Å²) in [4.78, 5) is 5.33. The number of fused-ring (bicyclic) bond motifs is 9. The number of amidine groups is 1. The standard InChI is InChI=1S/C45H33N3O2S/c1-2-11-26(12-3-1)43-46-44(34-18-10-22-39-40(34)33-14-5-7-21-38(33)51-39)48-45(47-43)35-19-9-17-32-30-24-23-27(25-37(30)50-42(32)35)28-15-8-16-31-29-13-4-6-20-36(29)49-41(28)31/h2,4-5,7-19,21-25,43-44,46H,1,3,6,20H2,(H,47,48). The summed E-state index contributed by atoms with van der Waals surface area (Å²) in [5.74, 6) is 1.90. The van der Waals surface area contributed by atoms with Gasteiger partial charge in [-0.25, -0.2) is 4.99 Å². The highest BCUT2D eigenvalue weighted by Gasteiger charge is 2.29. The Morgan fingerprint density at radius 3 is 2.45 bits per heavy atom. The number of hydrogen-bond acceptors (Lipinski definition) is 6. The van der Waals surface area contributed by atoms with Gasteiger partial charge >= 0.3 is 0 Å². The summed E-state index contributed by atoms with van der Waals surface area (Å²) >= 11 is 1.84. The molecule has 1 aliphatic heterocycles. The second-order valence-electron chi connectivity index (χ2n) is 13.7. The van der Waals surface area contributed by atoms with Crippen LogP contribution >= 0.6 is 11.3 Å². The molecule has 5 aromatic carbocycles. The van der Waals surface area contributed by atoms with E-state index in [0.29, 0.717) is 0 Å². The molecule has 0 amide bonds. The molecule has 6 heteroatoms. The summed E-state index contributed by atoms with van der Waals surface area (Å²) in [6, 6.07) is 34.7. The van der Waals surface area contributed by atoms with Crippen molar-refractivity contribution in [3.05, 3.63) is 149 Å². The van der Waals surface area contributed by atoms with E-state index in [1.807, 2.05) is 11.3 Å². The highest BCUT2D eigenvalue weighted by Crippen LogP contribution is 2.41. The first-order valence-electron chi connectivity index (χ1n) is 17.8. The van der Waals surface area contributed by atoms with Crippen LogP contribution in [0.4, 0.5) is 0 Å². The predicted octanol–water partition coefficient (Wildman–Crippen LogP) is 11.6. The number of allylic oxidation sites excluding steroid dienone is 3. The van der Waals surface area contributed by atoms with E-state index in [0.717, 1.165) is 81.5 Å². The second kappa shape index (κ2) is 11.4. The molecule has 0 spiro atoms. The average molecular weight is 680 g/mol. The fraction of sp³-hybridized carbons (Fsp3) is 0.133. The van der Waals surface area contributed by atoms with Crippen molar-refractivity contribution in [2.75, 3.05) is 0 Å². The van der Waals surface area contributed by atoms with Crippen molar-refractivity contribution in [1.82, 2.24) is 10.6 Å². The molecule has 0 saturated carbocycles. The van der Waals surface area contributed by atoms with Gasteiger partial charge in [-0.15, -0.1) is 11.3 Å². The van der Waals surface area contributed by atoms with Crippen LogP contribution in [0.5, 0.6) is 0 Å². The molecule has 246 valence electrons. The molecule has 4 heterocycles. The van der Waals surface area contributed by atoms with Gasteiger partial charge in [0.05, 0.1) is 5.56 Å². The lowest BCUT2D eigenvalue weighted by Gasteiger charge is -2.33. The van der Waals surface area contributed by atoms with Gasteiger partial charge in [-0.05, 0) is 66.3 Å². The van der Waals surface area contributed by atoms with Crippen LogP contribution < -0.4 is 10.6 Å². The minimum absolute atomic E-state index is 0.166. The maximum absolute atomic E-state index is 6.82. The van der Waals surface area contributed by atoms with Gasteiger partial charge < -0.3 is 14.2 Å². The molecule has 0 radical (unpaired) electrons. The Bertz CT molecular complexity index is 2840. The molecule has 2 aliphatic carbocycles. The smallest absolute Gasteiger partial charge is 0.146 e. The van der Waals surface area contributed by atoms with Crippen molar-refractivity contribution in [2.24, 2.45) is 4.99 Å². The number of para-hydroxylation sites is 2. The van der Waals surface area contributed by atoms with Gasteiger partial charge in [0.1, 0.15) is 40.7 Å². The largest absolute Gasteiger partial charge is 0.460 e. The first kappa shape index (κ1) is 29.1. The van der Waals surface area contributed by atoms with Crippen LogP contribution in [0.25, 0.3) is 70.3 Å². The lowest BCUT2D eigenvalue weighted by Crippen LogP contribution is -2.49. The van der Waals surface area contributed by atoms with Crippen LogP contribution in [-0.4, -0.2) is 12.0 Å². The summed E-state index contributed by atoms with van der Waals surface area (Å²) in [5, 5.41) is 13.6. The summed E-state index contributed by atoms with van der Waals surface area (Å²) in [6.45, 7) is 0. The number of nitrogens with one attached hydrogen (secondary N) is 2. The Hall–Kier alpha value is -5.69. The Labute approximate surface area is 298 Å². The number of benzene rings is 5. The number of rotatable bonds is 4. The second-order valence-corrected chi connectivity index (χ2v) is 14.8. The van der Waals surface area contributed by atoms with E-state index in [2.05, 4.69) is 138 Å². The van der Waals surface area contributed by atoms with Gasteiger partial charge in [-0.3, -0.25) is 5.32 Å². The van der Waals surface area contributed by atoms with E-state index in [9.17, 15) is 0 Å². The van der Waals surface area contributed by atoms with Crippen LogP contribution in [0.2, 0.25) is 0 Å². The lowest BCUT2D eigenvalue weighted by molar-refractivity contribution is 0.436. The van der Waals surface area contributed by atoms with E-state index in [4.69, 9.17) is 13.8 Å². The molecule has 3 aliphatic rings. The Balaban J connectivity index is 1.05.